The van der Waals surface area contributed by atoms with Gasteiger partial charge < -0.3 is 10.4 Å². The zero-order valence-electron chi connectivity index (χ0n) is 9.33. The van der Waals surface area contributed by atoms with E-state index in [1.54, 1.807) is 12.1 Å². The summed E-state index contributed by atoms with van der Waals surface area (Å²) in [5, 5.41) is 1.29. The summed E-state index contributed by atoms with van der Waals surface area (Å²) >= 11 is 0. The second-order valence-electron chi connectivity index (χ2n) is 3.43. The van der Waals surface area contributed by atoms with Crippen LogP contribution in [0.2, 0.25) is 0 Å². The Hall–Kier alpha value is 0.0639. The Morgan fingerprint density at radius 1 is 1.07 bits per heavy atom. The van der Waals surface area contributed by atoms with Gasteiger partial charge in [-0.2, -0.15) is 0 Å². The van der Waals surface area contributed by atoms with Crippen LogP contribution in [0.5, 0.6) is 0 Å². The molecule has 0 bridgehead atoms. The van der Waals surface area contributed by atoms with Crippen molar-refractivity contribution in [1.82, 2.24) is 0 Å². The van der Waals surface area contributed by atoms with Crippen molar-refractivity contribution in [3.05, 3.63) is 34.7 Å². The molecule has 14 heavy (non-hydrogen) atoms. The fourth-order valence-electron chi connectivity index (χ4n) is 0.511. The molecule has 0 aliphatic heterocycles. The zero-order valence-corrected chi connectivity index (χ0v) is 12.2. The van der Waals surface area contributed by atoms with Crippen molar-refractivity contribution in [1.29, 1.82) is 0 Å². The number of rotatable bonds is 1. The Morgan fingerprint density at radius 3 is 1.50 bits per heavy atom. The van der Waals surface area contributed by atoms with Crippen molar-refractivity contribution in [2.75, 3.05) is 0 Å². The van der Waals surface area contributed by atoms with E-state index in [2.05, 4.69) is 20.8 Å². The average molecular weight is 263 g/mol. The van der Waals surface area contributed by atoms with E-state index in [0.29, 0.717) is 10.4 Å². The summed E-state index contributed by atoms with van der Waals surface area (Å²) in [6, 6.07) is 7.25. The van der Waals surface area contributed by atoms with Gasteiger partial charge in [0.15, 0.2) is 0 Å². The quantitative estimate of drug-likeness (QED) is 0.682. The summed E-state index contributed by atoms with van der Waals surface area (Å²) in [4.78, 5) is 0. The number of benzene rings is 1. The predicted molar refractivity (Wildman–Crippen MR) is 59.8 cm³/mol. The minimum atomic E-state index is 0. The normalized spacial score (nSPS) is 8.57. The van der Waals surface area contributed by atoms with E-state index >= 15 is 0 Å². The van der Waals surface area contributed by atoms with E-state index < -0.39 is 0 Å². The summed E-state index contributed by atoms with van der Waals surface area (Å²) < 4.78 is 0. The Morgan fingerprint density at radius 2 is 1.36 bits per heavy atom. The first kappa shape index (κ1) is 16.5. The molecule has 0 aliphatic rings. The first-order valence-electron chi connectivity index (χ1n) is 4.67. The van der Waals surface area contributed by atoms with Gasteiger partial charge >= 0.3 is 0 Å². The average Bonchev–Trinajstić information content (AvgIpc) is 2.11. The van der Waals surface area contributed by atoms with Crippen molar-refractivity contribution in [2.45, 2.75) is 27.2 Å². The first-order chi connectivity index (χ1) is 6.07. The van der Waals surface area contributed by atoms with Crippen LogP contribution in [0.4, 0.5) is 0 Å². The molecule has 0 amide bonds. The third-order valence-corrected chi connectivity index (χ3v) is 1.81. The van der Waals surface area contributed by atoms with Gasteiger partial charge in [-0.05, 0) is 5.92 Å². The second-order valence-corrected chi connectivity index (χ2v) is 3.43. The molecule has 1 aromatic rings. The fourth-order valence-corrected chi connectivity index (χ4v) is 0.511. The van der Waals surface area contributed by atoms with Crippen LogP contribution >= 0.6 is 0 Å². The number of hydrogen-bond acceptors (Lipinski definition) is 0. The predicted octanol–water partition coefficient (Wildman–Crippen LogP) is 2.31. The molecule has 1 aromatic carbocycles. The van der Waals surface area contributed by atoms with E-state index in [0.717, 1.165) is 5.92 Å². The monoisotopic (exact) mass is 263 g/mol. The second kappa shape index (κ2) is 9.61. The van der Waals surface area contributed by atoms with Gasteiger partial charge in [-0.15, -0.1) is 12.1 Å². The van der Waals surface area contributed by atoms with Crippen molar-refractivity contribution in [3.8, 4) is 0 Å². The van der Waals surface area contributed by atoms with Crippen molar-refractivity contribution in [3.63, 3.8) is 0 Å². The molecule has 1 rings (SSSR count). The molecule has 0 spiro atoms. The van der Waals surface area contributed by atoms with Crippen LogP contribution in [0, 0.1) is 5.92 Å². The maximum absolute atomic E-state index is 5.39. The Kier molecular flexibility index (Phi) is 11.3. The maximum atomic E-state index is 5.39. The summed E-state index contributed by atoms with van der Waals surface area (Å²) in [5.41, 5.74) is 0. The number of hydrogen-bond donors (Lipinski definition) is 0. The molecule has 1 heteroatoms. The third-order valence-electron chi connectivity index (χ3n) is 1.81. The van der Waals surface area contributed by atoms with Crippen molar-refractivity contribution in [2.24, 2.45) is 5.92 Å². The molecule has 0 heterocycles. The zero-order chi connectivity index (χ0) is 10.3. The molecule has 0 saturated carbocycles. The van der Waals surface area contributed by atoms with Crippen LogP contribution in [0.25, 0.3) is 13.2 Å². The molecule has 0 nitrogen and oxygen atoms in total. The minimum absolute atomic E-state index is 0. The maximum Gasteiger partial charge on any atom is 0 e. The van der Waals surface area contributed by atoms with E-state index in [1.165, 1.54) is 6.42 Å². The van der Waals surface area contributed by atoms with Crippen LogP contribution in [-0.2, 0) is 32.7 Å². The van der Waals surface area contributed by atoms with Crippen LogP contribution < -0.4 is 10.4 Å². The van der Waals surface area contributed by atoms with Gasteiger partial charge in [0, 0.05) is 32.7 Å². The van der Waals surface area contributed by atoms with Crippen molar-refractivity contribution < 1.29 is 32.7 Å². The van der Waals surface area contributed by atoms with E-state index in [-0.39, 0.29) is 32.7 Å². The molecule has 0 unspecified atom stereocenters. The molecule has 0 N–H and O–H groups in total. The topological polar surface area (TPSA) is 0 Å². The first-order valence-corrected chi connectivity index (χ1v) is 4.67. The molecular formula is C13H18Y-2. The van der Waals surface area contributed by atoms with Gasteiger partial charge in [-0.3, -0.25) is 13.2 Å². The molecule has 1 radical (unpaired) electrons. The smallest absolute Gasteiger partial charge is 0 e. The van der Waals surface area contributed by atoms with Crippen LogP contribution in [0.3, 0.4) is 0 Å². The third kappa shape index (κ3) is 8.65. The van der Waals surface area contributed by atoms with Crippen molar-refractivity contribution >= 4 is 13.2 Å². The molecule has 0 aliphatic carbocycles. The SMILES string of the molecule is CCC(C)C.[CH-]=c1ccccc1=[CH-].[Y]. The van der Waals surface area contributed by atoms with Crippen LogP contribution in [0.15, 0.2) is 24.3 Å². The van der Waals surface area contributed by atoms with Crippen LogP contribution in [-0.4, -0.2) is 0 Å². The summed E-state index contributed by atoms with van der Waals surface area (Å²) in [6.45, 7) is 17.4. The van der Waals surface area contributed by atoms with E-state index in [1.807, 2.05) is 12.1 Å². The molecule has 0 aromatic heterocycles. The van der Waals surface area contributed by atoms with E-state index in [4.69, 9.17) is 13.2 Å². The summed E-state index contributed by atoms with van der Waals surface area (Å²) in [5.74, 6) is 0.884. The van der Waals surface area contributed by atoms with Gasteiger partial charge in [-0.1, -0.05) is 27.2 Å². The Bertz CT molecular complexity index is 285. The molecule has 0 atom stereocenters. The van der Waals surface area contributed by atoms with Crippen LogP contribution in [0.1, 0.15) is 27.2 Å². The fraction of sp³-hybridized carbons (Fsp3) is 0.385. The van der Waals surface area contributed by atoms with E-state index in [9.17, 15) is 0 Å². The Labute approximate surface area is 113 Å². The van der Waals surface area contributed by atoms with Gasteiger partial charge in [0.1, 0.15) is 0 Å². The van der Waals surface area contributed by atoms with Gasteiger partial charge in [-0.25, -0.2) is 12.1 Å². The Balaban J connectivity index is 0. The molecule has 75 valence electrons. The summed E-state index contributed by atoms with van der Waals surface area (Å²) in [6.07, 6.45) is 1.31. The van der Waals surface area contributed by atoms with Gasteiger partial charge in [0.25, 0.3) is 0 Å². The van der Waals surface area contributed by atoms with Gasteiger partial charge in [0.05, 0.1) is 0 Å². The largest absolute Gasteiger partial charge is 0.306 e. The summed E-state index contributed by atoms with van der Waals surface area (Å²) in [7, 11) is 0. The van der Waals surface area contributed by atoms with Gasteiger partial charge in [0.2, 0.25) is 0 Å². The minimum Gasteiger partial charge on any atom is -0.306 e. The molecule has 0 fully saturated rings. The molecular weight excluding hydrogens is 245 g/mol. The standard InChI is InChI=1S/C8H6.C5H12.Y/c1-7-5-3-4-6-8(7)2;1-4-5(2)3;/h1-6H;5H,4H2,1-3H3;/q-2;;. The molecule has 0 saturated heterocycles.